The lowest BCUT2D eigenvalue weighted by Crippen LogP contribution is -2.28. The molecular formula is C18H16F3NO3. The van der Waals surface area contributed by atoms with Gasteiger partial charge in [-0.1, -0.05) is 30.3 Å². The summed E-state index contributed by atoms with van der Waals surface area (Å²) >= 11 is 0. The Bertz CT molecular complexity index is 772. The number of rotatable bonds is 5. The average molecular weight is 351 g/mol. The third kappa shape index (κ3) is 5.34. The molecule has 0 radical (unpaired) electrons. The Morgan fingerprint density at radius 2 is 1.80 bits per heavy atom. The van der Waals surface area contributed by atoms with Gasteiger partial charge in [0.05, 0.1) is 11.1 Å². The lowest BCUT2D eigenvalue weighted by molar-refractivity contribution is -0.137. The van der Waals surface area contributed by atoms with Crippen LogP contribution in [0.25, 0.3) is 0 Å². The van der Waals surface area contributed by atoms with Crippen molar-refractivity contribution in [3.05, 3.63) is 70.8 Å². The van der Waals surface area contributed by atoms with Crippen molar-refractivity contribution in [3.8, 4) is 0 Å². The first-order valence-electron chi connectivity index (χ1n) is 7.43. The van der Waals surface area contributed by atoms with Gasteiger partial charge in [-0.2, -0.15) is 13.2 Å². The third-order valence-electron chi connectivity index (χ3n) is 3.50. The van der Waals surface area contributed by atoms with Gasteiger partial charge in [-0.15, -0.1) is 0 Å². The molecule has 0 unspecified atom stereocenters. The number of carbonyl (C=O) groups excluding carboxylic acids is 2. The highest BCUT2D eigenvalue weighted by Crippen LogP contribution is 2.29. The maximum absolute atomic E-state index is 12.6. The number of benzene rings is 2. The Balaban J connectivity index is 1.87. The van der Waals surface area contributed by atoms with Crippen LogP contribution in [0.3, 0.4) is 0 Å². The quantitative estimate of drug-likeness (QED) is 0.839. The maximum Gasteiger partial charge on any atom is 0.416 e. The van der Waals surface area contributed by atoms with Gasteiger partial charge in [0, 0.05) is 6.54 Å². The number of carbonyl (C=O) groups is 2. The topological polar surface area (TPSA) is 55.4 Å². The van der Waals surface area contributed by atoms with E-state index in [2.05, 4.69) is 5.32 Å². The predicted molar refractivity (Wildman–Crippen MR) is 84.8 cm³/mol. The zero-order valence-corrected chi connectivity index (χ0v) is 13.4. The molecule has 0 aromatic heterocycles. The minimum atomic E-state index is -4.55. The van der Waals surface area contributed by atoms with E-state index in [0.717, 1.165) is 23.3 Å². The molecule has 0 atom stereocenters. The van der Waals surface area contributed by atoms with E-state index in [1.807, 2.05) is 31.2 Å². The van der Waals surface area contributed by atoms with E-state index >= 15 is 0 Å². The molecule has 1 N–H and O–H groups in total. The molecule has 0 aliphatic heterocycles. The summed E-state index contributed by atoms with van der Waals surface area (Å²) in [5.41, 5.74) is 0.705. The summed E-state index contributed by atoms with van der Waals surface area (Å²) in [7, 11) is 0. The van der Waals surface area contributed by atoms with Crippen molar-refractivity contribution in [1.29, 1.82) is 0 Å². The van der Waals surface area contributed by atoms with Crippen LogP contribution in [0, 0.1) is 6.92 Å². The van der Waals surface area contributed by atoms with E-state index in [-0.39, 0.29) is 12.1 Å². The van der Waals surface area contributed by atoms with Crippen molar-refractivity contribution in [2.45, 2.75) is 19.6 Å². The molecular weight excluding hydrogens is 335 g/mol. The molecule has 25 heavy (non-hydrogen) atoms. The summed E-state index contributed by atoms with van der Waals surface area (Å²) in [4.78, 5) is 23.5. The molecule has 0 bridgehead atoms. The molecule has 2 aromatic rings. The van der Waals surface area contributed by atoms with Crippen LogP contribution in [-0.2, 0) is 22.3 Å². The van der Waals surface area contributed by atoms with Crippen LogP contribution >= 0.6 is 0 Å². The highest BCUT2D eigenvalue weighted by Gasteiger charge is 2.31. The van der Waals surface area contributed by atoms with Gasteiger partial charge >= 0.3 is 12.1 Å². The minimum Gasteiger partial charge on any atom is -0.452 e. The first-order chi connectivity index (χ1) is 11.8. The zero-order chi connectivity index (χ0) is 18.4. The van der Waals surface area contributed by atoms with Crippen LogP contribution in [0.1, 0.15) is 27.0 Å². The highest BCUT2D eigenvalue weighted by molar-refractivity contribution is 5.91. The molecule has 0 aliphatic rings. The van der Waals surface area contributed by atoms with Gasteiger partial charge in [-0.05, 0) is 36.2 Å². The number of aryl methyl sites for hydroxylation is 1. The molecule has 4 nitrogen and oxygen atoms in total. The van der Waals surface area contributed by atoms with Gasteiger partial charge in [0.1, 0.15) is 0 Å². The fourth-order valence-electron chi connectivity index (χ4n) is 2.09. The number of alkyl halides is 3. The third-order valence-corrected chi connectivity index (χ3v) is 3.50. The highest BCUT2D eigenvalue weighted by atomic mass is 19.4. The number of hydrogen-bond donors (Lipinski definition) is 1. The first kappa shape index (κ1) is 18.5. The normalized spacial score (nSPS) is 11.0. The Labute approximate surface area is 142 Å². The summed E-state index contributed by atoms with van der Waals surface area (Å²) in [5.74, 6) is -1.53. The van der Waals surface area contributed by atoms with Crippen LogP contribution in [0.4, 0.5) is 13.2 Å². The van der Waals surface area contributed by atoms with E-state index in [9.17, 15) is 22.8 Å². The zero-order valence-electron chi connectivity index (χ0n) is 13.4. The van der Waals surface area contributed by atoms with Crippen LogP contribution in [0.2, 0.25) is 0 Å². The van der Waals surface area contributed by atoms with E-state index in [1.165, 1.54) is 6.07 Å². The molecule has 2 rings (SSSR count). The number of hydrogen-bond acceptors (Lipinski definition) is 3. The van der Waals surface area contributed by atoms with E-state index in [4.69, 9.17) is 4.74 Å². The van der Waals surface area contributed by atoms with Crippen LogP contribution < -0.4 is 5.32 Å². The second kappa shape index (κ2) is 7.83. The van der Waals surface area contributed by atoms with Crippen LogP contribution in [0.15, 0.2) is 48.5 Å². The fraction of sp³-hybridized carbons (Fsp3) is 0.222. The monoisotopic (exact) mass is 351 g/mol. The smallest absolute Gasteiger partial charge is 0.416 e. The minimum absolute atomic E-state index is 0.262. The van der Waals surface area contributed by atoms with Gasteiger partial charge in [0.25, 0.3) is 5.91 Å². The van der Waals surface area contributed by atoms with Crippen LogP contribution in [-0.4, -0.2) is 18.5 Å². The summed E-state index contributed by atoms with van der Waals surface area (Å²) in [5, 5.41) is 2.59. The summed E-state index contributed by atoms with van der Waals surface area (Å²) in [6.45, 7) is 1.60. The molecule has 7 heteroatoms. The SMILES string of the molecule is Cc1ccccc1CNC(=O)COC(=O)c1cccc(C(F)(F)F)c1. The molecule has 0 fully saturated rings. The van der Waals surface area contributed by atoms with Crippen molar-refractivity contribution in [3.63, 3.8) is 0 Å². The van der Waals surface area contributed by atoms with Crippen molar-refractivity contribution in [2.24, 2.45) is 0 Å². The number of amides is 1. The maximum atomic E-state index is 12.6. The molecule has 0 saturated carbocycles. The molecule has 0 spiro atoms. The molecule has 2 aromatic carbocycles. The fourth-order valence-corrected chi connectivity index (χ4v) is 2.09. The summed E-state index contributed by atoms with van der Waals surface area (Å²) in [6.07, 6.45) is -4.55. The van der Waals surface area contributed by atoms with Crippen molar-refractivity contribution in [1.82, 2.24) is 5.32 Å². The lowest BCUT2D eigenvalue weighted by Gasteiger charge is -2.10. The molecule has 0 aliphatic carbocycles. The van der Waals surface area contributed by atoms with E-state index in [1.54, 1.807) is 0 Å². The lowest BCUT2D eigenvalue weighted by atomic mass is 10.1. The number of ether oxygens (including phenoxy) is 1. The number of halogens is 3. The van der Waals surface area contributed by atoms with E-state index in [0.29, 0.717) is 6.07 Å². The van der Waals surface area contributed by atoms with Crippen molar-refractivity contribution in [2.75, 3.05) is 6.61 Å². The van der Waals surface area contributed by atoms with Gasteiger partial charge in [0.15, 0.2) is 6.61 Å². The molecule has 0 heterocycles. The van der Waals surface area contributed by atoms with E-state index < -0.39 is 30.2 Å². The Hall–Kier alpha value is -2.83. The summed E-state index contributed by atoms with van der Waals surface area (Å²) < 4.78 is 42.6. The van der Waals surface area contributed by atoms with Gasteiger partial charge in [-0.25, -0.2) is 4.79 Å². The molecule has 1 amide bonds. The summed E-state index contributed by atoms with van der Waals surface area (Å²) in [6, 6.07) is 11.3. The standard InChI is InChI=1S/C18H16F3NO3/c1-12-5-2-3-6-14(12)10-22-16(23)11-25-17(24)13-7-4-8-15(9-13)18(19,20)21/h2-9H,10-11H2,1H3,(H,22,23). The van der Waals surface area contributed by atoms with Crippen molar-refractivity contribution < 1.29 is 27.5 Å². The van der Waals surface area contributed by atoms with Gasteiger partial charge in [-0.3, -0.25) is 4.79 Å². The Morgan fingerprint density at radius 3 is 2.48 bits per heavy atom. The molecule has 132 valence electrons. The Kier molecular flexibility index (Phi) is 5.80. The van der Waals surface area contributed by atoms with Gasteiger partial charge < -0.3 is 10.1 Å². The molecule has 0 saturated heterocycles. The Morgan fingerprint density at radius 1 is 1.08 bits per heavy atom. The average Bonchev–Trinajstić information content (AvgIpc) is 2.58. The second-order valence-corrected chi connectivity index (χ2v) is 5.36. The second-order valence-electron chi connectivity index (χ2n) is 5.36. The number of nitrogens with one attached hydrogen (secondary N) is 1. The van der Waals surface area contributed by atoms with Crippen molar-refractivity contribution >= 4 is 11.9 Å². The van der Waals surface area contributed by atoms with Crippen LogP contribution in [0.5, 0.6) is 0 Å². The number of esters is 1. The largest absolute Gasteiger partial charge is 0.452 e. The predicted octanol–water partition coefficient (Wildman–Crippen LogP) is 3.49. The van der Waals surface area contributed by atoms with Gasteiger partial charge in [0.2, 0.25) is 0 Å². The first-order valence-corrected chi connectivity index (χ1v) is 7.43.